The Morgan fingerprint density at radius 3 is 2.39 bits per heavy atom. The number of piperazine rings is 1. The molecule has 186 valence electrons. The van der Waals surface area contributed by atoms with Crippen molar-refractivity contribution < 1.29 is 22.6 Å². The number of nitrogens with one attached hydrogen (secondary N) is 1. The molecule has 5 rings (SSSR count). The second kappa shape index (κ2) is 9.97. The molecule has 2 aromatic carbocycles. The van der Waals surface area contributed by atoms with Gasteiger partial charge in [0.25, 0.3) is 21.8 Å². The van der Waals surface area contributed by atoms with Gasteiger partial charge in [0.1, 0.15) is 15.2 Å². The third-order valence-corrected chi connectivity index (χ3v) is 9.49. The Morgan fingerprint density at radius 1 is 0.944 bits per heavy atom. The number of sulfonamides is 1. The molecule has 36 heavy (non-hydrogen) atoms. The molecule has 0 saturated carbocycles. The highest BCUT2D eigenvalue weighted by Gasteiger charge is 2.31. The molecule has 2 aromatic heterocycles. The molecule has 1 fully saturated rings. The van der Waals surface area contributed by atoms with Crippen molar-refractivity contribution >= 4 is 55.8 Å². The number of halogens is 1. The first-order valence-corrected chi connectivity index (χ1v) is 13.6. The molecule has 2 amide bonds. The van der Waals surface area contributed by atoms with Crippen LogP contribution in [0.25, 0.3) is 11.0 Å². The van der Waals surface area contributed by atoms with E-state index in [0.29, 0.717) is 32.1 Å². The second-order valence-electron chi connectivity index (χ2n) is 8.07. The van der Waals surface area contributed by atoms with Gasteiger partial charge in [-0.3, -0.25) is 9.59 Å². The van der Waals surface area contributed by atoms with Gasteiger partial charge in [-0.2, -0.15) is 4.31 Å². The van der Waals surface area contributed by atoms with E-state index < -0.39 is 10.0 Å². The second-order valence-corrected chi connectivity index (χ2v) is 11.8. The summed E-state index contributed by atoms with van der Waals surface area (Å²) in [6.07, 6.45) is 0. The largest absolute Gasteiger partial charge is 0.347 e. The first-order valence-electron chi connectivity index (χ1n) is 11.0. The van der Waals surface area contributed by atoms with Gasteiger partial charge in [0.05, 0.1) is 6.54 Å². The predicted octanol–water partition coefficient (Wildman–Crippen LogP) is 3.01. The fourth-order valence-electron chi connectivity index (χ4n) is 3.82. The maximum absolute atomic E-state index is 13.2. The van der Waals surface area contributed by atoms with Crippen molar-refractivity contribution in [1.82, 2.24) is 24.8 Å². The Bertz CT molecular complexity index is 1530. The lowest BCUT2D eigenvalue weighted by Gasteiger charge is -2.33. The number of rotatable bonds is 6. The van der Waals surface area contributed by atoms with Gasteiger partial charge in [-0.15, -0.1) is 11.3 Å². The van der Waals surface area contributed by atoms with Crippen LogP contribution in [0.3, 0.4) is 0 Å². The van der Waals surface area contributed by atoms with Crippen LogP contribution in [0.4, 0.5) is 0 Å². The minimum atomic E-state index is -3.72. The summed E-state index contributed by atoms with van der Waals surface area (Å²) in [7, 11) is -3.72. The number of carbonyl (C=O) groups is 2. The van der Waals surface area contributed by atoms with Crippen LogP contribution in [-0.4, -0.2) is 65.9 Å². The fourth-order valence-corrected chi connectivity index (χ4v) is 6.82. The first-order chi connectivity index (χ1) is 17.3. The van der Waals surface area contributed by atoms with Gasteiger partial charge >= 0.3 is 0 Å². The Labute approximate surface area is 215 Å². The molecular weight excluding hydrogens is 526 g/mol. The predicted molar refractivity (Wildman–Crippen MR) is 133 cm³/mol. The van der Waals surface area contributed by atoms with Gasteiger partial charge in [0, 0.05) is 47.2 Å². The molecule has 3 heterocycles. The summed E-state index contributed by atoms with van der Waals surface area (Å²) >= 11 is 6.96. The van der Waals surface area contributed by atoms with E-state index in [0.717, 1.165) is 11.3 Å². The highest BCUT2D eigenvalue weighted by atomic mass is 35.5. The monoisotopic (exact) mass is 545 g/mol. The Hall–Kier alpha value is -3.32. The Balaban J connectivity index is 1.18. The average molecular weight is 546 g/mol. The van der Waals surface area contributed by atoms with Crippen LogP contribution in [-0.2, 0) is 16.6 Å². The quantitative estimate of drug-likeness (QED) is 0.394. The fraction of sp³-hybridized carbons (Fsp3) is 0.217. The molecule has 1 aliphatic heterocycles. The molecule has 0 spiro atoms. The van der Waals surface area contributed by atoms with Crippen LogP contribution in [0.5, 0.6) is 0 Å². The average Bonchev–Trinajstić information content (AvgIpc) is 3.57. The number of aromatic nitrogens is 2. The number of amides is 2. The van der Waals surface area contributed by atoms with Crippen LogP contribution < -0.4 is 5.32 Å². The minimum absolute atomic E-state index is 0.183. The van der Waals surface area contributed by atoms with Gasteiger partial charge in [0.2, 0.25) is 0 Å². The molecule has 0 bridgehead atoms. The highest BCUT2D eigenvalue weighted by Crippen LogP contribution is 2.26. The molecule has 0 radical (unpaired) electrons. The number of hydrogen-bond donors (Lipinski definition) is 1. The van der Waals surface area contributed by atoms with Crippen LogP contribution in [0.2, 0.25) is 5.02 Å². The van der Waals surface area contributed by atoms with Crippen molar-refractivity contribution in [3.8, 4) is 0 Å². The summed E-state index contributed by atoms with van der Waals surface area (Å²) in [6, 6.07) is 14.7. The van der Waals surface area contributed by atoms with Crippen molar-refractivity contribution in [2.45, 2.75) is 10.8 Å². The number of hydrogen-bond acceptors (Lipinski definition) is 8. The van der Waals surface area contributed by atoms with Crippen LogP contribution in [0.1, 0.15) is 25.6 Å². The smallest absolute Gasteiger partial charge is 0.254 e. The summed E-state index contributed by atoms with van der Waals surface area (Å²) in [5, 5.41) is 10.8. The molecule has 1 saturated heterocycles. The first kappa shape index (κ1) is 24.4. The van der Waals surface area contributed by atoms with Crippen LogP contribution >= 0.6 is 22.9 Å². The van der Waals surface area contributed by atoms with Crippen LogP contribution in [0, 0.1) is 0 Å². The lowest BCUT2D eigenvalue weighted by atomic mass is 10.1. The molecule has 0 aliphatic carbocycles. The summed E-state index contributed by atoms with van der Waals surface area (Å²) in [5.74, 6) is -0.476. The van der Waals surface area contributed by atoms with Crippen molar-refractivity contribution in [3.63, 3.8) is 0 Å². The van der Waals surface area contributed by atoms with Gasteiger partial charge < -0.3 is 10.2 Å². The van der Waals surface area contributed by atoms with E-state index in [1.807, 2.05) is 0 Å². The van der Waals surface area contributed by atoms with Crippen LogP contribution in [0.15, 0.2) is 63.4 Å². The van der Waals surface area contributed by atoms with Crippen molar-refractivity contribution in [1.29, 1.82) is 0 Å². The number of thiophene rings is 1. The van der Waals surface area contributed by atoms with E-state index >= 15 is 0 Å². The molecular formula is C23H20ClN5O5S2. The maximum atomic E-state index is 13.2. The lowest BCUT2D eigenvalue weighted by Crippen LogP contribution is -2.50. The number of carbonyl (C=O) groups excluding carboxylic acids is 2. The van der Waals surface area contributed by atoms with Gasteiger partial charge in [0.15, 0.2) is 0 Å². The zero-order valence-electron chi connectivity index (χ0n) is 18.8. The third-order valence-electron chi connectivity index (χ3n) is 5.79. The van der Waals surface area contributed by atoms with Crippen molar-refractivity contribution in [2.75, 3.05) is 26.2 Å². The number of benzene rings is 2. The van der Waals surface area contributed by atoms with E-state index in [-0.39, 0.29) is 48.7 Å². The minimum Gasteiger partial charge on any atom is -0.347 e. The molecule has 10 nitrogen and oxygen atoms in total. The topological polar surface area (TPSA) is 126 Å². The molecule has 1 aliphatic rings. The number of fused-ring (bicyclic) bond motifs is 1. The van der Waals surface area contributed by atoms with Gasteiger partial charge in [-0.1, -0.05) is 11.6 Å². The van der Waals surface area contributed by atoms with Gasteiger partial charge in [-0.05, 0) is 64.9 Å². The molecule has 13 heteroatoms. The molecule has 0 unspecified atom stereocenters. The SMILES string of the molecule is O=C(NCc1ccc(S(=O)(=O)N2CCN(C(=O)c3ccc4nonc4c3)CC2)s1)c1ccc(Cl)cc1. The Kier molecular flexibility index (Phi) is 6.75. The highest BCUT2D eigenvalue weighted by molar-refractivity contribution is 7.91. The summed E-state index contributed by atoms with van der Waals surface area (Å²) in [6.45, 7) is 1.10. The van der Waals surface area contributed by atoms with E-state index in [4.69, 9.17) is 11.6 Å². The summed E-state index contributed by atoms with van der Waals surface area (Å²) < 4.78 is 32.6. The van der Waals surface area contributed by atoms with E-state index in [9.17, 15) is 18.0 Å². The summed E-state index contributed by atoms with van der Waals surface area (Å²) in [5.41, 5.74) is 1.95. The normalized spacial score (nSPS) is 14.8. The Morgan fingerprint density at radius 2 is 1.64 bits per heavy atom. The molecule has 1 N–H and O–H groups in total. The third kappa shape index (κ3) is 4.98. The van der Waals surface area contributed by atoms with Gasteiger partial charge in [-0.25, -0.2) is 13.0 Å². The maximum Gasteiger partial charge on any atom is 0.254 e. The van der Waals surface area contributed by atoms with Crippen molar-refractivity contribution in [2.24, 2.45) is 0 Å². The number of nitrogens with zero attached hydrogens (tertiary/aromatic N) is 4. The van der Waals surface area contributed by atoms with E-state index in [1.165, 1.54) is 4.31 Å². The van der Waals surface area contributed by atoms with Crippen molar-refractivity contribution in [3.05, 3.63) is 75.6 Å². The molecule has 0 atom stereocenters. The summed E-state index contributed by atoms with van der Waals surface area (Å²) in [4.78, 5) is 27.5. The molecule has 4 aromatic rings. The van der Waals surface area contributed by atoms with E-state index in [2.05, 4.69) is 20.3 Å². The van der Waals surface area contributed by atoms with E-state index in [1.54, 1.807) is 59.5 Å². The lowest BCUT2D eigenvalue weighted by molar-refractivity contribution is 0.0698. The zero-order valence-corrected chi connectivity index (χ0v) is 21.1. The standard InChI is InChI=1S/C23H20ClN5O5S2/c24-17-4-1-15(2-5-17)22(30)25-14-18-6-8-21(35-18)36(32,33)29-11-9-28(10-12-29)23(31)16-3-7-19-20(13-16)27-34-26-19/h1-8,13H,9-12,14H2,(H,25,30). The zero-order chi connectivity index (χ0) is 25.3.